The molecule has 2 heterocycles. The average Bonchev–Trinajstić information content (AvgIpc) is 2.64. The van der Waals surface area contributed by atoms with Gasteiger partial charge in [-0.3, -0.25) is 9.69 Å². The van der Waals surface area contributed by atoms with Crippen molar-refractivity contribution in [2.75, 3.05) is 46.1 Å². The Hall–Kier alpha value is -2.16. The quantitative estimate of drug-likeness (QED) is 0.753. The van der Waals surface area contributed by atoms with Gasteiger partial charge in [0, 0.05) is 19.5 Å². The summed E-state index contributed by atoms with van der Waals surface area (Å²) in [5, 5.41) is 12.0. The molecule has 2 aliphatic rings. The molecule has 8 nitrogen and oxygen atoms in total. The highest BCUT2D eigenvalue weighted by Gasteiger charge is 2.29. The van der Waals surface area contributed by atoms with Crippen molar-refractivity contribution in [1.82, 2.24) is 10.2 Å². The van der Waals surface area contributed by atoms with Crippen LogP contribution in [0.1, 0.15) is 16.8 Å². The van der Waals surface area contributed by atoms with Gasteiger partial charge in [0.2, 0.25) is 5.91 Å². The van der Waals surface area contributed by atoms with Crippen molar-refractivity contribution in [2.45, 2.75) is 18.6 Å². The number of hydrogen-bond donors (Lipinski definition) is 2. The molecule has 2 saturated heterocycles. The van der Waals surface area contributed by atoms with Gasteiger partial charge in [0.1, 0.15) is 11.9 Å². The molecule has 2 atom stereocenters. The number of ether oxygens (including phenoxy) is 3. The Morgan fingerprint density at radius 1 is 1.15 bits per heavy atom. The third-order valence-corrected chi connectivity index (χ3v) is 4.50. The van der Waals surface area contributed by atoms with Crippen LogP contribution in [0, 0.1) is 0 Å². The van der Waals surface area contributed by atoms with E-state index < -0.39 is 5.97 Å². The minimum atomic E-state index is -0.976. The summed E-state index contributed by atoms with van der Waals surface area (Å²) in [6.07, 6.45) is 0.441. The second-order valence-corrected chi connectivity index (χ2v) is 6.41. The highest BCUT2D eigenvalue weighted by Crippen LogP contribution is 2.19. The monoisotopic (exact) mass is 364 g/mol. The van der Waals surface area contributed by atoms with Crippen LogP contribution in [0.15, 0.2) is 24.3 Å². The number of carbonyl (C=O) groups excluding carboxylic acids is 1. The van der Waals surface area contributed by atoms with Gasteiger partial charge in [-0.05, 0) is 24.3 Å². The minimum absolute atomic E-state index is 0.0581. The van der Waals surface area contributed by atoms with Crippen LogP contribution in [0.4, 0.5) is 0 Å². The lowest BCUT2D eigenvalue weighted by Gasteiger charge is -2.33. The van der Waals surface area contributed by atoms with E-state index >= 15 is 0 Å². The van der Waals surface area contributed by atoms with Crippen molar-refractivity contribution in [3.05, 3.63) is 29.8 Å². The van der Waals surface area contributed by atoms with Gasteiger partial charge in [-0.1, -0.05) is 0 Å². The molecular formula is C18H24N2O6. The molecule has 1 amide bonds. The first-order chi connectivity index (χ1) is 12.6. The number of carbonyl (C=O) groups is 2. The standard InChI is InChI=1S/C18H24N2O6/c21-17(11-20-6-9-24-10-7-20)19-15-12-25-8-5-16(15)26-14-3-1-13(2-4-14)18(22)23/h1-4,15-16H,5-12H2,(H,19,21)(H,22,23)/t15-,16-/m1/s1. The molecule has 0 radical (unpaired) electrons. The number of rotatable bonds is 6. The largest absolute Gasteiger partial charge is 0.488 e. The molecule has 2 fully saturated rings. The fourth-order valence-corrected chi connectivity index (χ4v) is 3.06. The molecule has 26 heavy (non-hydrogen) atoms. The molecule has 8 heteroatoms. The van der Waals surface area contributed by atoms with E-state index in [4.69, 9.17) is 19.3 Å². The summed E-state index contributed by atoms with van der Waals surface area (Å²) in [5.41, 5.74) is 0.208. The van der Waals surface area contributed by atoms with E-state index in [9.17, 15) is 9.59 Å². The summed E-state index contributed by atoms with van der Waals surface area (Å²) in [6, 6.07) is 6.03. The van der Waals surface area contributed by atoms with Gasteiger partial charge in [-0.15, -0.1) is 0 Å². The van der Waals surface area contributed by atoms with Gasteiger partial charge in [0.15, 0.2) is 0 Å². The number of hydrogen-bond acceptors (Lipinski definition) is 6. The zero-order chi connectivity index (χ0) is 18.4. The molecule has 0 spiro atoms. The van der Waals surface area contributed by atoms with Crippen molar-refractivity contribution in [3.63, 3.8) is 0 Å². The molecule has 0 aromatic heterocycles. The number of carboxylic acid groups (broad SMARTS) is 1. The van der Waals surface area contributed by atoms with E-state index in [1.54, 1.807) is 12.1 Å². The molecule has 0 bridgehead atoms. The maximum Gasteiger partial charge on any atom is 0.335 e. The second-order valence-electron chi connectivity index (χ2n) is 6.41. The maximum atomic E-state index is 12.3. The summed E-state index contributed by atoms with van der Waals surface area (Å²) in [6.45, 7) is 4.10. The average molecular weight is 364 g/mol. The molecular weight excluding hydrogens is 340 g/mol. The third-order valence-electron chi connectivity index (χ3n) is 4.50. The molecule has 2 N–H and O–H groups in total. The summed E-state index contributed by atoms with van der Waals surface area (Å²) >= 11 is 0. The molecule has 142 valence electrons. The van der Waals surface area contributed by atoms with E-state index in [1.807, 2.05) is 0 Å². The molecule has 1 aromatic rings. The molecule has 0 aliphatic carbocycles. The van der Waals surface area contributed by atoms with Crippen LogP contribution in [0.2, 0.25) is 0 Å². The van der Waals surface area contributed by atoms with Crippen LogP contribution in [-0.4, -0.2) is 80.1 Å². The van der Waals surface area contributed by atoms with E-state index in [0.29, 0.717) is 45.1 Å². The Morgan fingerprint density at radius 3 is 2.58 bits per heavy atom. The SMILES string of the molecule is O=C(CN1CCOCC1)N[C@@H]1COCC[C@H]1Oc1ccc(C(=O)O)cc1. The molecule has 3 rings (SSSR count). The molecule has 0 saturated carbocycles. The van der Waals surface area contributed by atoms with Crippen molar-refractivity contribution in [2.24, 2.45) is 0 Å². The summed E-state index contributed by atoms with van der Waals surface area (Å²) in [5.74, 6) is -0.456. The van der Waals surface area contributed by atoms with Gasteiger partial charge in [0.05, 0.1) is 44.6 Å². The Bertz CT molecular complexity index is 615. The zero-order valence-electron chi connectivity index (χ0n) is 14.6. The zero-order valence-corrected chi connectivity index (χ0v) is 14.6. The van der Waals surface area contributed by atoms with Gasteiger partial charge < -0.3 is 24.6 Å². The summed E-state index contributed by atoms with van der Waals surface area (Å²) in [4.78, 5) is 25.3. The summed E-state index contributed by atoms with van der Waals surface area (Å²) < 4.78 is 16.7. The third kappa shape index (κ3) is 5.17. The molecule has 2 aliphatic heterocycles. The highest BCUT2D eigenvalue weighted by atomic mass is 16.5. The Morgan fingerprint density at radius 2 is 1.88 bits per heavy atom. The van der Waals surface area contributed by atoms with Crippen molar-refractivity contribution < 1.29 is 28.9 Å². The van der Waals surface area contributed by atoms with Crippen LogP contribution >= 0.6 is 0 Å². The lowest BCUT2D eigenvalue weighted by Crippen LogP contribution is -2.54. The molecule has 0 unspecified atom stereocenters. The minimum Gasteiger partial charge on any atom is -0.488 e. The first-order valence-corrected chi connectivity index (χ1v) is 8.79. The lowest BCUT2D eigenvalue weighted by atomic mass is 10.1. The van der Waals surface area contributed by atoms with Crippen LogP contribution in [0.3, 0.4) is 0 Å². The van der Waals surface area contributed by atoms with E-state index in [1.165, 1.54) is 12.1 Å². The smallest absolute Gasteiger partial charge is 0.335 e. The lowest BCUT2D eigenvalue weighted by molar-refractivity contribution is -0.126. The molecule has 1 aromatic carbocycles. The number of carboxylic acids is 1. The van der Waals surface area contributed by atoms with Crippen molar-refractivity contribution in [1.29, 1.82) is 0 Å². The van der Waals surface area contributed by atoms with Gasteiger partial charge in [-0.2, -0.15) is 0 Å². The normalized spacial score (nSPS) is 24.0. The predicted octanol–water partition coefficient (Wildman–Crippen LogP) is 0.370. The van der Waals surface area contributed by atoms with E-state index in [-0.39, 0.29) is 23.6 Å². The van der Waals surface area contributed by atoms with Gasteiger partial charge >= 0.3 is 5.97 Å². The first kappa shape index (κ1) is 18.6. The number of nitrogens with zero attached hydrogens (tertiary/aromatic N) is 1. The van der Waals surface area contributed by atoms with Gasteiger partial charge in [0.25, 0.3) is 0 Å². The summed E-state index contributed by atoms with van der Waals surface area (Å²) in [7, 11) is 0. The van der Waals surface area contributed by atoms with Crippen LogP contribution < -0.4 is 10.1 Å². The van der Waals surface area contributed by atoms with Crippen molar-refractivity contribution in [3.8, 4) is 5.75 Å². The van der Waals surface area contributed by atoms with Crippen LogP contribution in [0.5, 0.6) is 5.75 Å². The van der Waals surface area contributed by atoms with E-state index in [0.717, 1.165) is 13.1 Å². The fraction of sp³-hybridized carbons (Fsp3) is 0.556. The topological polar surface area (TPSA) is 97.3 Å². The number of amides is 1. The Labute approximate surface area is 152 Å². The number of aromatic carboxylic acids is 1. The number of nitrogens with one attached hydrogen (secondary N) is 1. The van der Waals surface area contributed by atoms with E-state index in [2.05, 4.69) is 10.2 Å². The highest BCUT2D eigenvalue weighted by molar-refractivity contribution is 5.87. The number of morpholine rings is 1. The Kier molecular flexibility index (Phi) is 6.43. The maximum absolute atomic E-state index is 12.3. The number of benzene rings is 1. The van der Waals surface area contributed by atoms with Crippen molar-refractivity contribution >= 4 is 11.9 Å². The van der Waals surface area contributed by atoms with Crippen LogP contribution in [0.25, 0.3) is 0 Å². The Balaban J connectivity index is 1.54. The van der Waals surface area contributed by atoms with Crippen LogP contribution in [-0.2, 0) is 14.3 Å². The predicted molar refractivity (Wildman–Crippen MR) is 92.4 cm³/mol. The van der Waals surface area contributed by atoms with Gasteiger partial charge in [-0.25, -0.2) is 4.79 Å². The second kappa shape index (κ2) is 8.98. The fourth-order valence-electron chi connectivity index (χ4n) is 3.06. The first-order valence-electron chi connectivity index (χ1n) is 8.79.